The molecule has 0 radical (unpaired) electrons. The third-order valence-corrected chi connectivity index (χ3v) is 5.60. The highest BCUT2D eigenvalue weighted by Gasteiger charge is 2.15. The first-order valence-electron chi connectivity index (χ1n) is 6.47. The van der Waals surface area contributed by atoms with Gasteiger partial charge in [-0.1, -0.05) is 13.3 Å². The van der Waals surface area contributed by atoms with Gasteiger partial charge in [-0.15, -0.1) is 11.3 Å². The van der Waals surface area contributed by atoms with Crippen LogP contribution in [0.4, 0.5) is 0 Å². The Bertz CT molecular complexity index is 573. The summed E-state index contributed by atoms with van der Waals surface area (Å²) in [5, 5.41) is 1.53. The first-order valence-corrected chi connectivity index (χ1v) is 7.29. The van der Waals surface area contributed by atoms with Gasteiger partial charge in [-0.05, 0) is 74.2 Å². The van der Waals surface area contributed by atoms with Gasteiger partial charge in [0.05, 0.1) is 0 Å². The van der Waals surface area contributed by atoms with E-state index in [-0.39, 0.29) is 0 Å². The van der Waals surface area contributed by atoms with Crippen molar-refractivity contribution >= 4 is 21.4 Å². The summed E-state index contributed by atoms with van der Waals surface area (Å²) in [5.41, 5.74) is 7.44. The Morgan fingerprint density at radius 1 is 0.765 bits per heavy atom. The molecule has 0 spiro atoms. The van der Waals surface area contributed by atoms with Crippen molar-refractivity contribution in [3.05, 3.63) is 32.7 Å². The Labute approximate surface area is 109 Å². The number of thiophene rings is 1. The summed E-state index contributed by atoms with van der Waals surface area (Å²) in [6.07, 6.45) is 2.46. The maximum atomic E-state index is 2.30. The van der Waals surface area contributed by atoms with Crippen LogP contribution in [0.2, 0.25) is 0 Å². The van der Waals surface area contributed by atoms with Gasteiger partial charge in [-0.25, -0.2) is 0 Å². The summed E-state index contributed by atoms with van der Waals surface area (Å²) >= 11 is 2.01. The van der Waals surface area contributed by atoms with E-state index in [1.807, 2.05) is 11.3 Å². The first kappa shape index (κ1) is 12.6. The number of hydrogen-bond donors (Lipinski definition) is 0. The highest BCUT2D eigenvalue weighted by atomic mass is 32.1. The fourth-order valence-electron chi connectivity index (χ4n) is 2.66. The Morgan fingerprint density at radius 2 is 1.35 bits per heavy atom. The highest BCUT2D eigenvalue weighted by Crippen LogP contribution is 2.39. The van der Waals surface area contributed by atoms with Crippen molar-refractivity contribution in [2.45, 2.75) is 54.4 Å². The van der Waals surface area contributed by atoms with Crippen LogP contribution in [0.3, 0.4) is 0 Å². The molecule has 17 heavy (non-hydrogen) atoms. The summed E-state index contributed by atoms with van der Waals surface area (Å²) in [6.45, 7) is 13.6. The van der Waals surface area contributed by atoms with Crippen molar-refractivity contribution in [3.8, 4) is 0 Å². The van der Waals surface area contributed by atoms with Gasteiger partial charge in [0.25, 0.3) is 0 Å². The minimum Gasteiger partial charge on any atom is -0.140 e. The van der Waals surface area contributed by atoms with Crippen molar-refractivity contribution in [1.82, 2.24) is 0 Å². The number of fused-ring (bicyclic) bond motifs is 1. The van der Waals surface area contributed by atoms with Crippen molar-refractivity contribution in [2.24, 2.45) is 0 Å². The maximum absolute atomic E-state index is 2.30. The largest absolute Gasteiger partial charge is 0.140 e. The molecular formula is C16H22S. The van der Waals surface area contributed by atoms with Gasteiger partial charge in [0.1, 0.15) is 0 Å². The number of rotatable bonds is 2. The van der Waals surface area contributed by atoms with Crippen LogP contribution in [-0.2, 0) is 6.42 Å². The zero-order chi connectivity index (χ0) is 12.7. The van der Waals surface area contributed by atoms with Crippen LogP contribution in [0.15, 0.2) is 0 Å². The normalized spacial score (nSPS) is 11.4. The lowest BCUT2D eigenvalue weighted by atomic mass is 9.94. The summed E-state index contributed by atoms with van der Waals surface area (Å²) in [6, 6.07) is 0. The molecule has 0 saturated heterocycles. The van der Waals surface area contributed by atoms with E-state index in [1.165, 1.54) is 50.7 Å². The average molecular weight is 246 g/mol. The van der Waals surface area contributed by atoms with Crippen molar-refractivity contribution in [3.63, 3.8) is 0 Å². The lowest BCUT2D eigenvalue weighted by Gasteiger charge is -2.11. The maximum Gasteiger partial charge on any atom is 0.0383 e. The van der Waals surface area contributed by atoms with E-state index in [0.717, 1.165) is 0 Å². The standard InChI is InChI=1S/C16H22S/c1-7-8-14-13(6)15-11(4)9(2)10(3)12(5)16(15)17-14/h7-8H2,1-6H3. The van der Waals surface area contributed by atoms with Gasteiger partial charge in [-0.2, -0.15) is 0 Å². The van der Waals surface area contributed by atoms with E-state index in [2.05, 4.69) is 41.5 Å². The van der Waals surface area contributed by atoms with Crippen LogP contribution >= 0.6 is 11.3 Å². The van der Waals surface area contributed by atoms with Gasteiger partial charge in [-0.3, -0.25) is 0 Å². The second-order valence-corrected chi connectivity index (χ2v) is 6.21. The highest BCUT2D eigenvalue weighted by molar-refractivity contribution is 7.19. The monoisotopic (exact) mass is 246 g/mol. The summed E-state index contributed by atoms with van der Waals surface area (Å²) in [7, 11) is 0. The molecule has 0 amide bonds. The zero-order valence-electron chi connectivity index (χ0n) is 11.8. The number of benzene rings is 1. The Morgan fingerprint density at radius 3 is 1.94 bits per heavy atom. The molecule has 2 aromatic rings. The molecule has 0 N–H and O–H groups in total. The molecule has 92 valence electrons. The third-order valence-electron chi connectivity index (χ3n) is 4.13. The fourth-order valence-corrected chi connectivity index (χ4v) is 4.18. The summed E-state index contributed by atoms with van der Waals surface area (Å²) in [4.78, 5) is 1.58. The van der Waals surface area contributed by atoms with Crippen LogP contribution in [0, 0.1) is 34.6 Å². The molecule has 1 heteroatoms. The minimum absolute atomic E-state index is 1.22. The summed E-state index contributed by atoms with van der Waals surface area (Å²) < 4.78 is 1.52. The molecule has 2 rings (SSSR count). The predicted molar refractivity (Wildman–Crippen MR) is 79.5 cm³/mol. The predicted octanol–water partition coefficient (Wildman–Crippen LogP) is 5.40. The Balaban J connectivity index is 2.87. The molecule has 0 aliphatic carbocycles. The van der Waals surface area contributed by atoms with Gasteiger partial charge in [0.2, 0.25) is 0 Å². The van der Waals surface area contributed by atoms with Gasteiger partial charge in [0, 0.05) is 9.58 Å². The third kappa shape index (κ3) is 1.81. The second-order valence-electron chi connectivity index (χ2n) is 5.10. The van der Waals surface area contributed by atoms with E-state index in [1.54, 1.807) is 4.88 Å². The smallest absolute Gasteiger partial charge is 0.0383 e. The van der Waals surface area contributed by atoms with Crippen LogP contribution in [0.1, 0.15) is 46.0 Å². The molecule has 0 atom stereocenters. The van der Waals surface area contributed by atoms with Crippen molar-refractivity contribution in [2.75, 3.05) is 0 Å². The first-order chi connectivity index (χ1) is 7.99. The molecule has 0 aliphatic rings. The topological polar surface area (TPSA) is 0 Å². The molecule has 0 fully saturated rings. The average Bonchev–Trinajstić information content (AvgIpc) is 2.62. The molecular weight excluding hydrogens is 224 g/mol. The van der Waals surface area contributed by atoms with Crippen molar-refractivity contribution < 1.29 is 0 Å². The van der Waals surface area contributed by atoms with E-state index in [9.17, 15) is 0 Å². The molecule has 0 aliphatic heterocycles. The summed E-state index contributed by atoms with van der Waals surface area (Å²) in [5.74, 6) is 0. The van der Waals surface area contributed by atoms with Crippen LogP contribution in [0.5, 0.6) is 0 Å². The molecule has 1 aromatic heterocycles. The lowest BCUT2D eigenvalue weighted by molar-refractivity contribution is 0.934. The molecule has 0 unspecified atom stereocenters. The zero-order valence-corrected chi connectivity index (χ0v) is 12.6. The van der Waals surface area contributed by atoms with Gasteiger partial charge in [0.15, 0.2) is 0 Å². The molecule has 0 bridgehead atoms. The molecule has 0 saturated carbocycles. The SMILES string of the molecule is CCCc1sc2c(C)c(C)c(C)c(C)c2c1C. The number of aryl methyl sites for hydroxylation is 4. The van der Waals surface area contributed by atoms with E-state index in [0.29, 0.717) is 0 Å². The van der Waals surface area contributed by atoms with E-state index < -0.39 is 0 Å². The van der Waals surface area contributed by atoms with Gasteiger partial charge >= 0.3 is 0 Å². The van der Waals surface area contributed by atoms with E-state index in [4.69, 9.17) is 0 Å². The fraction of sp³-hybridized carbons (Fsp3) is 0.500. The number of hydrogen-bond acceptors (Lipinski definition) is 1. The van der Waals surface area contributed by atoms with Gasteiger partial charge < -0.3 is 0 Å². The second kappa shape index (κ2) is 4.45. The van der Waals surface area contributed by atoms with Crippen LogP contribution in [0.25, 0.3) is 10.1 Å². The molecule has 0 nitrogen and oxygen atoms in total. The van der Waals surface area contributed by atoms with Crippen LogP contribution in [-0.4, -0.2) is 0 Å². The molecule has 1 aromatic carbocycles. The molecule has 1 heterocycles. The Kier molecular flexibility index (Phi) is 3.31. The van der Waals surface area contributed by atoms with E-state index >= 15 is 0 Å². The van der Waals surface area contributed by atoms with Crippen LogP contribution < -0.4 is 0 Å². The minimum atomic E-state index is 1.22. The van der Waals surface area contributed by atoms with Crippen molar-refractivity contribution in [1.29, 1.82) is 0 Å². The Hall–Kier alpha value is -0.820. The lowest BCUT2D eigenvalue weighted by Crippen LogP contribution is -1.92. The quantitative estimate of drug-likeness (QED) is 0.666.